The third-order valence-electron chi connectivity index (χ3n) is 6.06. The minimum atomic E-state index is -5.61. The number of aromatic nitrogens is 2. The zero-order valence-corrected chi connectivity index (χ0v) is 31.4. The molecule has 4 rings (SSSR count). The van der Waals surface area contributed by atoms with E-state index in [2.05, 4.69) is 25.5 Å². The number of fused-ring (bicyclic) bond motifs is 1. The zero-order chi connectivity index (χ0) is 36.4. The molecule has 3 aromatic carbocycles. The fourth-order valence-corrected chi connectivity index (χ4v) is 7.34. The van der Waals surface area contributed by atoms with Gasteiger partial charge >= 0.3 is 29.6 Å². The Bertz CT molecular complexity index is 2660. The first kappa shape index (κ1) is 40.5. The van der Waals surface area contributed by atoms with Gasteiger partial charge in [0.2, 0.25) is 15.0 Å². The molecule has 0 aliphatic heterocycles. The van der Waals surface area contributed by atoms with Gasteiger partial charge in [0.15, 0.2) is 5.82 Å². The Hall–Kier alpha value is -2.92. The van der Waals surface area contributed by atoms with E-state index in [-0.39, 0.29) is 57.8 Å². The average Bonchev–Trinajstić information content (AvgIpc) is 2.91. The molecule has 0 bridgehead atoms. The van der Waals surface area contributed by atoms with Crippen LogP contribution in [0, 0.1) is 6.92 Å². The Morgan fingerprint density at radius 3 is 1.86 bits per heavy atom. The van der Waals surface area contributed by atoms with Crippen molar-refractivity contribution in [3.63, 3.8) is 0 Å². The van der Waals surface area contributed by atoms with Crippen LogP contribution in [-0.2, 0) is 50.3 Å². The summed E-state index contributed by atoms with van der Waals surface area (Å²) in [5.74, 6) is -0.362. The number of benzene rings is 3. The Balaban J connectivity index is 0.00000650. The summed E-state index contributed by atoms with van der Waals surface area (Å²) in [6.45, 7) is 1.34. The molecule has 27 heteroatoms. The normalized spacial score (nSPS) is 13.0. The molecule has 0 atom stereocenters. The van der Waals surface area contributed by atoms with Crippen LogP contribution in [0.1, 0.15) is 5.69 Å². The van der Waals surface area contributed by atoms with E-state index in [0.717, 1.165) is 18.4 Å². The number of nitrogens with zero attached hydrogens (tertiary/aromatic N) is 4. The van der Waals surface area contributed by atoms with E-state index in [0.29, 0.717) is 18.2 Å². The molecule has 6 N–H and O–H groups in total. The van der Waals surface area contributed by atoms with Gasteiger partial charge in [-0.1, -0.05) is 11.6 Å². The summed E-state index contributed by atoms with van der Waals surface area (Å²) in [6, 6.07) is 3.51. The summed E-state index contributed by atoms with van der Waals surface area (Å²) in [5, 5.41) is 7.52. The summed E-state index contributed by atoms with van der Waals surface area (Å²) >= 11 is 6.23. The van der Waals surface area contributed by atoms with Crippen molar-refractivity contribution in [2.75, 3.05) is 17.3 Å². The molecule has 1 heterocycles. The minimum absolute atomic E-state index is 0. The van der Waals surface area contributed by atoms with E-state index in [9.17, 15) is 60.3 Å². The summed E-state index contributed by atoms with van der Waals surface area (Å²) < 4.78 is 161. The summed E-state index contributed by atoms with van der Waals surface area (Å²) in [6.07, 6.45) is 0.801. The molecule has 0 spiro atoms. The van der Waals surface area contributed by atoms with Crippen molar-refractivity contribution in [2.24, 2.45) is 10.2 Å². The number of hydrogen-bond acceptors (Lipinski definition) is 17. The Morgan fingerprint density at radius 2 is 1.35 bits per heavy atom. The van der Waals surface area contributed by atoms with Crippen LogP contribution >= 0.6 is 11.6 Å². The molecule has 0 amide bonds. The largest absolute Gasteiger partial charge is 1.00 e. The average molecular weight is 809 g/mol. The second-order valence-corrected chi connectivity index (χ2v) is 17.4. The van der Waals surface area contributed by atoms with Gasteiger partial charge in [-0.15, -0.1) is 5.11 Å². The van der Waals surface area contributed by atoms with Crippen molar-refractivity contribution >= 4 is 101 Å². The molecule has 4 aromatic rings. The van der Waals surface area contributed by atoms with Gasteiger partial charge in [0.1, 0.15) is 30.6 Å². The fraction of sp³-hybridized carbons (Fsp3) is 0.0909. The standard InChI is InChI=1S/C22H19ClN6O14S5.Na/c1-9-20(23)21(27-22(25-9)44(2,30)31)26-15-7-14(24)19(48(41,42)43)8-16(15)29-28-10-3-12-13(17(4-10)46(35,36)37)5-11(45(32,33)34)6-18(12)47(38,39)40;/h3-8H,24H2,1-2H3,(H,25,26,27)(H,32,33,34)(H,35,36,37)(H,38,39,40)(H,41,42,43);/q;+1/p-1. The Labute approximate surface area is 305 Å². The van der Waals surface area contributed by atoms with Crippen LogP contribution in [0.5, 0.6) is 0 Å². The first-order valence-corrected chi connectivity index (χ1v) is 20.0. The number of nitrogens with one attached hydrogen (secondary N) is 1. The van der Waals surface area contributed by atoms with Crippen LogP contribution in [0.4, 0.5) is 28.6 Å². The third kappa shape index (κ3) is 9.06. The molecule has 0 saturated heterocycles. The number of nitrogen functional groups attached to an aromatic ring is 1. The van der Waals surface area contributed by atoms with Crippen molar-refractivity contribution in [2.45, 2.75) is 31.7 Å². The molecule has 0 radical (unpaired) electrons. The zero-order valence-electron chi connectivity index (χ0n) is 24.6. The first-order chi connectivity index (χ1) is 21.7. The molecular formula is C22H18ClN6NaO14S5. The summed E-state index contributed by atoms with van der Waals surface area (Å²) in [4.78, 5) is 2.92. The minimum Gasteiger partial charge on any atom is -0.744 e. The van der Waals surface area contributed by atoms with Gasteiger partial charge in [0.25, 0.3) is 30.4 Å². The van der Waals surface area contributed by atoms with Gasteiger partial charge in [-0.25, -0.2) is 21.8 Å². The van der Waals surface area contributed by atoms with Crippen LogP contribution in [0.3, 0.4) is 0 Å². The third-order valence-corrected chi connectivity index (χ3v) is 10.9. The molecule has 258 valence electrons. The van der Waals surface area contributed by atoms with Gasteiger partial charge < -0.3 is 15.6 Å². The van der Waals surface area contributed by atoms with Gasteiger partial charge in [0.05, 0.1) is 32.5 Å². The van der Waals surface area contributed by atoms with E-state index >= 15 is 0 Å². The van der Waals surface area contributed by atoms with Gasteiger partial charge in [0, 0.05) is 17.0 Å². The van der Waals surface area contributed by atoms with E-state index in [1.54, 1.807) is 0 Å². The van der Waals surface area contributed by atoms with E-state index < -0.39 is 103 Å². The summed E-state index contributed by atoms with van der Waals surface area (Å²) in [7, 11) is -25.2. The molecule has 0 saturated carbocycles. The van der Waals surface area contributed by atoms with E-state index in [4.69, 9.17) is 17.3 Å². The predicted molar refractivity (Wildman–Crippen MR) is 165 cm³/mol. The maximum absolute atomic E-state index is 12.3. The second-order valence-electron chi connectivity index (χ2n) is 9.60. The van der Waals surface area contributed by atoms with Crippen molar-refractivity contribution in [1.29, 1.82) is 0 Å². The first-order valence-electron chi connectivity index (χ1n) is 12.0. The van der Waals surface area contributed by atoms with Gasteiger partial charge in [-0.05, 0) is 43.3 Å². The monoisotopic (exact) mass is 808 g/mol. The smallest absolute Gasteiger partial charge is 0.744 e. The van der Waals surface area contributed by atoms with Crippen molar-refractivity contribution in [3.8, 4) is 0 Å². The van der Waals surface area contributed by atoms with E-state index in [1.165, 1.54) is 6.92 Å². The Morgan fingerprint density at radius 1 is 0.776 bits per heavy atom. The van der Waals surface area contributed by atoms with Crippen LogP contribution in [0.25, 0.3) is 10.8 Å². The number of nitrogens with two attached hydrogens (primary N) is 1. The molecule has 0 aliphatic rings. The number of anilines is 3. The van der Waals surface area contributed by atoms with Crippen LogP contribution in [0.2, 0.25) is 5.02 Å². The number of aryl methyl sites for hydroxylation is 1. The summed E-state index contributed by atoms with van der Waals surface area (Å²) in [5.41, 5.74) is 3.68. The fourth-order valence-electron chi connectivity index (χ4n) is 4.00. The molecule has 0 unspecified atom stereocenters. The number of azo groups is 1. The predicted octanol–water partition coefficient (Wildman–Crippen LogP) is -0.615. The molecule has 49 heavy (non-hydrogen) atoms. The van der Waals surface area contributed by atoms with E-state index in [1.807, 2.05) is 0 Å². The van der Waals surface area contributed by atoms with Gasteiger partial charge in [-0.3, -0.25) is 13.7 Å². The van der Waals surface area contributed by atoms with Crippen LogP contribution < -0.4 is 40.6 Å². The molecule has 0 aliphatic carbocycles. The molecule has 1 aromatic heterocycles. The topological polar surface area (TPSA) is 343 Å². The number of hydrogen-bond donors (Lipinski definition) is 5. The number of halogens is 1. The van der Waals surface area contributed by atoms with Crippen LogP contribution in [0.15, 0.2) is 71.4 Å². The maximum Gasteiger partial charge on any atom is 1.00 e. The maximum atomic E-state index is 12.3. The molecular weight excluding hydrogens is 791 g/mol. The van der Waals surface area contributed by atoms with Crippen molar-refractivity contribution in [3.05, 3.63) is 47.1 Å². The Kier molecular flexibility index (Phi) is 11.3. The second kappa shape index (κ2) is 13.7. The van der Waals surface area contributed by atoms with Crippen molar-refractivity contribution in [1.82, 2.24) is 9.97 Å². The van der Waals surface area contributed by atoms with Crippen molar-refractivity contribution < 1.29 is 89.9 Å². The van der Waals surface area contributed by atoms with Crippen LogP contribution in [-0.4, -0.2) is 76.5 Å². The number of sulfone groups is 1. The SMILES string of the molecule is Cc1nc(S(C)(=O)=O)nc(Nc2cc(N)c(S(=O)(=O)O)cc2N=Nc2cc(S(=O)(=O)O)c3cc(S(=O)(=O)O)cc(S(=O)(=O)[O-])c3c2)c1Cl.[Na+]. The molecule has 0 fully saturated rings. The molecule has 20 nitrogen and oxygen atoms in total. The quantitative estimate of drug-likeness (QED) is 0.0462. The number of rotatable bonds is 9. The van der Waals surface area contributed by atoms with Gasteiger partial charge in [-0.2, -0.15) is 35.4 Å².